The van der Waals surface area contributed by atoms with Crippen LogP contribution in [-0.4, -0.2) is 44.4 Å². The Morgan fingerprint density at radius 3 is 2.58 bits per heavy atom. The number of anilines is 1. The number of nitrogens with zero attached hydrogens (tertiary/aromatic N) is 1. The fraction of sp³-hybridized carbons (Fsp3) is 0.406. The summed E-state index contributed by atoms with van der Waals surface area (Å²) >= 11 is 6.36. The lowest BCUT2D eigenvalue weighted by Gasteiger charge is -2.25. The maximum atomic E-state index is 13.6. The monoisotopic (exact) mass is 562 g/mol. The maximum absolute atomic E-state index is 13.6. The third-order valence-corrected chi connectivity index (χ3v) is 8.51. The lowest BCUT2D eigenvalue weighted by atomic mass is 9.92. The summed E-state index contributed by atoms with van der Waals surface area (Å²) in [5.74, 6) is 3.17. The fourth-order valence-electron chi connectivity index (χ4n) is 6.27. The molecule has 0 spiro atoms. The van der Waals surface area contributed by atoms with Crippen LogP contribution < -0.4 is 24.3 Å². The highest BCUT2D eigenvalue weighted by Gasteiger charge is 2.37. The summed E-state index contributed by atoms with van der Waals surface area (Å²) in [7, 11) is 1.65. The molecule has 1 fully saturated rings. The number of hydrogen-bond acceptors (Lipinski definition) is 6. The van der Waals surface area contributed by atoms with Crippen molar-refractivity contribution >= 4 is 23.2 Å². The smallest absolute Gasteiger partial charge is 0.238 e. The van der Waals surface area contributed by atoms with Crippen molar-refractivity contribution in [2.24, 2.45) is 0 Å². The van der Waals surface area contributed by atoms with Gasteiger partial charge in [-0.1, -0.05) is 37.6 Å². The van der Waals surface area contributed by atoms with Crippen LogP contribution in [-0.2, 0) is 24.1 Å². The molecule has 0 radical (unpaired) electrons. The van der Waals surface area contributed by atoms with Crippen LogP contribution in [0.4, 0.5) is 5.69 Å². The predicted octanol–water partition coefficient (Wildman–Crippen LogP) is 6.31. The minimum absolute atomic E-state index is 0.0230. The first-order chi connectivity index (χ1) is 19.5. The molecule has 40 heavy (non-hydrogen) atoms. The van der Waals surface area contributed by atoms with Crippen LogP contribution in [0.3, 0.4) is 0 Å². The van der Waals surface area contributed by atoms with Gasteiger partial charge in [-0.15, -0.1) is 0 Å². The van der Waals surface area contributed by atoms with Gasteiger partial charge in [0.25, 0.3) is 0 Å². The van der Waals surface area contributed by atoms with E-state index in [1.807, 2.05) is 18.2 Å². The van der Waals surface area contributed by atoms with Crippen molar-refractivity contribution in [3.05, 3.63) is 75.3 Å². The second-order valence-corrected chi connectivity index (χ2v) is 11.1. The average Bonchev–Trinajstić information content (AvgIpc) is 3.72. The van der Waals surface area contributed by atoms with Gasteiger partial charge in [0.05, 0.1) is 20.3 Å². The average molecular weight is 563 g/mol. The Morgan fingerprint density at radius 2 is 1.82 bits per heavy atom. The molecule has 1 amide bonds. The van der Waals surface area contributed by atoms with Gasteiger partial charge < -0.3 is 24.3 Å². The zero-order valence-electron chi connectivity index (χ0n) is 23.2. The van der Waals surface area contributed by atoms with Crippen molar-refractivity contribution in [3.63, 3.8) is 0 Å². The van der Waals surface area contributed by atoms with E-state index in [4.69, 9.17) is 30.5 Å². The summed E-state index contributed by atoms with van der Waals surface area (Å²) in [6.45, 7) is 6.09. The molecule has 6 rings (SSSR count). The molecule has 3 aliphatic heterocycles. The van der Waals surface area contributed by atoms with Gasteiger partial charge in [0, 0.05) is 29.7 Å². The van der Waals surface area contributed by atoms with E-state index < -0.39 is 0 Å². The Labute approximate surface area is 240 Å². The number of carbonyl (C=O) groups excluding carboxylic acids is 1. The molecular formula is C32H35ClN2O5. The first-order valence-corrected chi connectivity index (χ1v) is 14.4. The Morgan fingerprint density at radius 1 is 1.02 bits per heavy atom. The molecule has 3 heterocycles. The largest absolute Gasteiger partial charge is 0.493 e. The highest BCUT2D eigenvalue weighted by Crippen LogP contribution is 2.47. The van der Waals surface area contributed by atoms with Gasteiger partial charge in [0.2, 0.25) is 18.4 Å². The molecule has 8 heteroatoms. The zero-order chi connectivity index (χ0) is 27.8. The third kappa shape index (κ3) is 5.08. The second kappa shape index (κ2) is 11.2. The van der Waals surface area contributed by atoms with Gasteiger partial charge in [-0.25, -0.2) is 0 Å². The van der Waals surface area contributed by atoms with Crippen molar-refractivity contribution in [2.45, 2.75) is 51.5 Å². The molecule has 3 aromatic rings. The van der Waals surface area contributed by atoms with E-state index in [2.05, 4.69) is 48.3 Å². The van der Waals surface area contributed by atoms with Crippen molar-refractivity contribution in [1.29, 1.82) is 0 Å². The molecule has 0 bridgehead atoms. The number of nitrogens with one attached hydrogen (secondary N) is 1. The van der Waals surface area contributed by atoms with Gasteiger partial charge in [0.15, 0.2) is 11.5 Å². The van der Waals surface area contributed by atoms with Crippen LogP contribution in [0, 0.1) is 0 Å². The van der Waals surface area contributed by atoms with E-state index in [1.54, 1.807) is 7.11 Å². The lowest BCUT2D eigenvalue weighted by molar-refractivity contribution is -0.117. The minimum Gasteiger partial charge on any atom is -0.493 e. The van der Waals surface area contributed by atoms with Gasteiger partial charge in [-0.05, 0) is 83.3 Å². The molecule has 210 valence electrons. The molecule has 1 saturated heterocycles. The van der Waals surface area contributed by atoms with Crippen molar-refractivity contribution in [3.8, 4) is 23.0 Å². The Hall–Kier alpha value is -3.42. The topological polar surface area (TPSA) is 69.3 Å². The normalized spacial score (nSPS) is 19.4. The van der Waals surface area contributed by atoms with Crippen LogP contribution in [0.25, 0.3) is 0 Å². The van der Waals surface area contributed by atoms with Gasteiger partial charge in [-0.3, -0.25) is 9.69 Å². The van der Waals surface area contributed by atoms with E-state index in [-0.39, 0.29) is 31.2 Å². The quantitative estimate of drug-likeness (QED) is 0.347. The fourth-order valence-corrected chi connectivity index (χ4v) is 6.54. The summed E-state index contributed by atoms with van der Waals surface area (Å²) in [5, 5.41) is 3.94. The van der Waals surface area contributed by atoms with Crippen LogP contribution >= 0.6 is 11.6 Å². The first-order valence-electron chi connectivity index (χ1n) is 14.1. The van der Waals surface area contributed by atoms with Crippen LogP contribution in [0.2, 0.25) is 5.02 Å². The van der Waals surface area contributed by atoms with Crippen molar-refractivity contribution in [1.82, 2.24) is 4.90 Å². The number of amides is 1. The number of aryl methyl sites for hydroxylation is 2. The molecular weight excluding hydrogens is 528 g/mol. The number of ether oxygens (including phenoxy) is 4. The van der Waals surface area contributed by atoms with Gasteiger partial charge in [-0.2, -0.15) is 0 Å². The van der Waals surface area contributed by atoms with Gasteiger partial charge >= 0.3 is 0 Å². The number of halogens is 1. The zero-order valence-corrected chi connectivity index (χ0v) is 24.0. The number of rotatable bonds is 8. The first kappa shape index (κ1) is 26.8. The number of carbonyl (C=O) groups is 1. The molecule has 2 atom stereocenters. The standard InChI is InChI=1S/C32H35ClN2O5/c1-4-19-11-25(33)12-20(5-2)31(19)34-30(36)17-35-16-24(23-14-28(37-3)32-29(15-23)39-18-40-32)13-26(35)21-6-7-27-22(10-21)8-9-38-27/h6-7,10-12,14-15,24,26H,4-5,8-9,13,16-18H2,1-3H3,(H,34,36)/t24-,26-/m1/s1. The molecule has 0 saturated carbocycles. The lowest BCUT2D eigenvalue weighted by Crippen LogP contribution is -2.33. The third-order valence-electron chi connectivity index (χ3n) is 8.29. The highest BCUT2D eigenvalue weighted by molar-refractivity contribution is 6.30. The maximum Gasteiger partial charge on any atom is 0.238 e. The van der Waals surface area contributed by atoms with E-state index in [1.165, 1.54) is 11.1 Å². The van der Waals surface area contributed by atoms with Crippen LogP contribution in [0.5, 0.6) is 23.0 Å². The predicted molar refractivity (Wildman–Crippen MR) is 155 cm³/mol. The molecule has 7 nitrogen and oxygen atoms in total. The molecule has 1 N–H and O–H groups in total. The number of fused-ring (bicyclic) bond motifs is 2. The SMILES string of the molecule is CCc1cc(Cl)cc(CC)c1NC(=O)CN1C[C@H](c2cc(OC)c3c(c2)OCO3)C[C@@H]1c1ccc2c(c1)CCO2. The van der Waals surface area contributed by atoms with Crippen molar-refractivity contribution < 1.29 is 23.7 Å². The number of methoxy groups -OCH3 is 1. The number of benzene rings is 3. The van der Waals surface area contributed by atoms with E-state index in [0.717, 1.165) is 67.0 Å². The summed E-state index contributed by atoms with van der Waals surface area (Å²) in [6.07, 6.45) is 3.37. The van der Waals surface area contributed by atoms with Crippen LogP contribution in [0.15, 0.2) is 42.5 Å². The number of likely N-dealkylation sites (tertiary alicyclic amines) is 1. The second-order valence-electron chi connectivity index (χ2n) is 10.7. The van der Waals surface area contributed by atoms with Crippen molar-refractivity contribution in [2.75, 3.05) is 38.9 Å². The van der Waals surface area contributed by atoms with Gasteiger partial charge in [0.1, 0.15) is 5.75 Å². The molecule has 0 unspecified atom stereocenters. The molecule has 0 aromatic heterocycles. The Kier molecular flexibility index (Phi) is 7.51. The Balaban J connectivity index is 1.29. The minimum atomic E-state index is -0.0230. The van der Waals surface area contributed by atoms with E-state index in [9.17, 15) is 4.79 Å². The number of hydrogen-bond donors (Lipinski definition) is 1. The summed E-state index contributed by atoms with van der Waals surface area (Å²) in [4.78, 5) is 15.9. The Bertz CT molecular complexity index is 1420. The highest BCUT2D eigenvalue weighted by atomic mass is 35.5. The van der Waals surface area contributed by atoms with E-state index >= 15 is 0 Å². The molecule has 0 aliphatic carbocycles. The summed E-state index contributed by atoms with van der Waals surface area (Å²) in [6, 6.07) is 14.6. The summed E-state index contributed by atoms with van der Waals surface area (Å²) in [5.41, 5.74) is 6.57. The van der Waals surface area contributed by atoms with E-state index in [0.29, 0.717) is 22.3 Å². The van der Waals surface area contributed by atoms with Crippen LogP contribution in [0.1, 0.15) is 60.0 Å². The molecule has 3 aliphatic rings. The molecule has 3 aromatic carbocycles. The summed E-state index contributed by atoms with van der Waals surface area (Å²) < 4.78 is 22.7.